The Labute approximate surface area is 116 Å². The van der Waals surface area contributed by atoms with Crippen molar-refractivity contribution in [3.63, 3.8) is 0 Å². The molecule has 0 saturated carbocycles. The summed E-state index contributed by atoms with van der Waals surface area (Å²) in [4.78, 5) is 15.7. The zero-order valence-electron chi connectivity index (χ0n) is 11.0. The molecule has 1 aromatic heterocycles. The van der Waals surface area contributed by atoms with E-state index in [9.17, 15) is 4.79 Å². The molecule has 0 bridgehead atoms. The molecule has 0 aliphatic rings. The summed E-state index contributed by atoms with van der Waals surface area (Å²) >= 11 is 1.73. The van der Waals surface area contributed by atoms with Crippen molar-refractivity contribution in [2.45, 2.75) is 26.2 Å². The van der Waals surface area contributed by atoms with E-state index in [1.807, 2.05) is 18.2 Å². The van der Waals surface area contributed by atoms with Crippen LogP contribution in [0.5, 0.6) is 0 Å². The average molecular weight is 275 g/mol. The number of carbonyl (C=O) groups excluding carboxylic acids is 1. The lowest BCUT2D eigenvalue weighted by molar-refractivity contribution is -0.139. The van der Waals surface area contributed by atoms with Gasteiger partial charge in [-0.05, 0) is 38.3 Å². The number of para-hydroxylation sites is 1. The van der Waals surface area contributed by atoms with Crippen molar-refractivity contribution in [2.75, 3.05) is 6.61 Å². The van der Waals surface area contributed by atoms with E-state index in [1.54, 1.807) is 18.3 Å². The molecule has 2 aromatic rings. The molecular weight excluding hydrogens is 258 g/mol. The maximum atomic E-state index is 11.2. The van der Waals surface area contributed by atoms with Crippen LogP contribution in [0.1, 0.15) is 24.8 Å². The van der Waals surface area contributed by atoms with Crippen molar-refractivity contribution < 1.29 is 9.53 Å². The van der Waals surface area contributed by atoms with Gasteiger partial charge in [-0.15, -0.1) is 11.3 Å². The molecule has 2 rings (SSSR count). The first-order valence-corrected chi connectivity index (χ1v) is 7.15. The Hall–Kier alpha value is -1.68. The van der Waals surface area contributed by atoms with Gasteiger partial charge in [-0.1, -0.05) is 18.7 Å². The molecule has 0 spiro atoms. The molecule has 1 heterocycles. The Morgan fingerprint density at radius 2 is 2.16 bits per heavy atom. The number of thiazole rings is 1. The number of aryl methyl sites for hydroxylation is 1. The number of rotatable bonds is 6. The number of hydrogen-bond acceptors (Lipinski definition) is 4. The van der Waals surface area contributed by atoms with Crippen molar-refractivity contribution in [3.8, 4) is 0 Å². The summed E-state index contributed by atoms with van der Waals surface area (Å²) in [5.41, 5.74) is 1.52. The molecule has 0 N–H and O–H groups in total. The summed E-state index contributed by atoms with van der Waals surface area (Å²) in [5, 5.41) is 1.15. The smallest absolute Gasteiger partial charge is 0.333 e. The number of esters is 1. The first-order chi connectivity index (χ1) is 9.16. The van der Waals surface area contributed by atoms with Gasteiger partial charge in [0.1, 0.15) is 0 Å². The van der Waals surface area contributed by atoms with Crippen LogP contribution >= 0.6 is 11.3 Å². The van der Waals surface area contributed by atoms with Crippen molar-refractivity contribution in [1.82, 2.24) is 4.98 Å². The van der Waals surface area contributed by atoms with Crippen LogP contribution in [0.15, 0.2) is 36.4 Å². The van der Waals surface area contributed by atoms with E-state index in [0.29, 0.717) is 12.2 Å². The minimum Gasteiger partial charge on any atom is -0.462 e. The number of nitrogens with zero attached hydrogens (tertiary/aromatic N) is 1. The molecule has 0 radical (unpaired) electrons. The highest BCUT2D eigenvalue weighted by Crippen LogP contribution is 2.22. The van der Waals surface area contributed by atoms with Gasteiger partial charge < -0.3 is 4.74 Å². The highest BCUT2D eigenvalue weighted by atomic mass is 32.1. The van der Waals surface area contributed by atoms with Crippen LogP contribution in [0.3, 0.4) is 0 Å². The third kappa shape index (κ3) is 3.89. The van der Waals surface area contributed by atoms with E-state index in [2.05, 4.69) is 17.6 Å². The molecule has 0 unspecified atom stereocenters. The van der Waals surface area contributed by atoms with Gasteiger partial charge in [0.2, 0.25) is 0 Å². The number of carbonyl (C=O) groups is 1. The highest BCUT2D eigenvalue weighted by molar-refractivity contribution is 7.18. The Balaban J connectivity index is 1.74. The Kier molecular flexibility index (Phi) is 4.68. The Morgan fingerprint density at radius 3 is 2.89 bits per heavy atom. The average Bonchev–Trinajstić information content (AvgIpc) is 2.80. The predicted molar refractivity (Wildman–Crippen MR) is 78.3 cm³/mol. The fraction of sp³-hybridized carbons (Fsp3) is 0.333. The first-order valence-electron chi connectivity index (χ1n) is 6.34. The van der Waals surface area contributed by atoms with Crippen LogP contribution in [0.2, 0.25) is 0 Å². The zero-order chi connectivity index (χ0) is 13.7. The van der Waals surface area contributed by atoms with Gasteiger partial charge in [0.05, 0.1) is 21.8 Å². The fourth-order valence-electron chi connectivity index (χ4n) is 1.69. The SMILES string of the molecule is C=C(C)C(=O)OCCCCc1nc2ccccc2s1. The van der Waals surface area contributed by atoms with E-state index in [1.165, 1.54) is 4.70 Å². The topological polar surface area (TPSA) is 39.2 Å². The molecule has 0 aliphatic heterocycles. The van der Waals surface area contributed by atoms with Crippen LogP contribution in [0, 0.1) is 0 Å². The lowest BCUT2D eigenvalue weighted by atomic mass is 10.2. The second-order valence-electron chi connectivity index (χ2n) is 4.45. The number of fused-ring (bicyclic) bond motifs is 1. The van der Waals surface area contributed by atoms with Gasteiger partial charge in [0.15, 0.2) is 0 Å². The largest absolute Gasteiger partial charge is 0.462 e. The molecule has 0 aliphatic carbocycles. The molecule has 0 fully saturated rings. The number of ether oxygens (including phenoxy) is 1. The highest BCUT2D eigenvalue weighted by Gasteiger charge is 2.04. The van der Waals surface area contributed by atoms with E-state index in [0.717, 1.165) is 29.8 Å². The fourth-order valence-corrected chi connectivity index (χ4v) is 2.70. The quantitative estimate of drug-likeness (QED) is 0.458. The molecule has 0 atom stereocenters. The second kappa shape index (κ2) is 6.48. The Morgan fingerprint density at radius 1 is 1.37 bits per heavy atom. The third-order valence-corrected chi connectivity index (χ3v) is 3.80. The Bertz CT molecular complexity index is 556. The summed E-state index contributed by atoms with van der Waals surface area (Å²) < 4.78 is 6.27. The summed E-state index contributed by atoms with van der Waals surface area (Å²) in [6.45, 7) is 5.65. The van der Waals surface area contributed by atoms with Gasteiger partial charge in [-0.3, -0.25) is 0 Å². The summed E-state index contributed by atoms with van der Waals surface area (Å²) in [5.74, 6) is -0.306. The zero-order valence-corrected chi connectivity index (χ0v) is 11.8. The van der Waals surface area contributed by atoms with Crippen molar-refractivity contribution in [3.05, 3.63) is 41.4 Å². The lowest BCUT2D eigenvalue weighted by Gasteiger charge is -2.03. The van der Waals surface area contributed by atoms with Crippen LogP contribution in [0.4, 0.5) is 0 Å². The van der Waals surface area contributed by atoms with Gasteiger partial charge in [-0.25, -0.2) is 9.78 Å². The lowest BCUT2D eigenvalue weighted by Crippen LogP contribution is -2.06. The summed E-state index contributed by atoms with van der Waals surface area (Å²) in [6, 6.07) is 8.15. The van der Waals surface area contributed by atoms with Crippen LogP contribution < -0.4 is 0 Å². The number of unbranched alkanes of at least 4 members (excludes halogenated alkanes) is 1. The molecule has 0 saturated heterocycles. The van der Waals surface area contributed by atoms with E-state index in [4.69, 9.17) is 4.74 Å². The standard InChI is InChI=1S/C15H17NO2S/c1-11(2)15(17)18-10-6-5-9-14-16-12-7-3-4-8-13(12)19-14/h3-4,7-8H,1,5-6,9-10H2,2H3. The van der Waals surface area contributed by atoms with Crippen LogP contribution in [-0.4, -0.2) is 17.6 Å². The molecule has 3 nitrogen and oxygen atoms in total. The molecule has 1 aromatic carbocycles. The van der Waals surface area contributed by atoms with Gasteiger partial charge in [-0.2, -0.15) is 0 Å². The number of benzene rings is 1. The first kappa shape index (κ1) is 13.7. The summed E-state index contributed by atoms with van der Waals surface area (Å²) in [6.07, 6.45) is 2.77. The molecular formula is C15H17NO2S. The van der Waals surface area contributed by atoms with Gasteiger partial charge in [0, 0.05) is 5.57 Å². The van der Waals surface area contributed by atoms with Gasteiger partial charge in [0.25, 0.3) is 0 Å². The van der Waals surface area contributed by atoms with Crippen LogP contribution in [0.25, 0.3) is 10.2 Å². The molecule has 19 heavy (non-hydrogen) atoms. The van der Waals surface area contributed by atoms with Crippen molar-refractivity contribution in [1.29, 1.82) is 0 Å². The number of hydrogen-bond donors (Lipinski definition) is 0. The third-order valence-electron chi connectivity index (χ3n) is 2.70. The minimum atomic E-state index is -0.306. The van der Waals surface area contributed by atoms with Gasteiger partial charge >= 0.3 is 5.97 Å². The van der Waals surface area contributed by atoms with E-state index in [-0.39, 0.29) is 5.97 Å². The van der Waals surface area contributed by atoms with Crippen molar-refractivity contribution in [2.24, 2.45) is 0 Å². The minimum absolute atomic E-state index is 0.306. The number of aromatic nitrogens is 1. The van der Waals surface area contributed by atoms with Crippen molar-refractivity contribution >= 4 is 27.5 Å². The van der Waals surface area contributed by atoms with E-state index >= 15 is 0 Å². The van der Waals surface area contributed by atoms with E-state index < -0.39 is 0 Å². The van der Waals surface area contributed by atoms with Crippen LogP contribution in [-0.2, 0) is 16.0 Å². The summed E-state index contributed by atoms with van der Waals surface area (Å²) in [7, 11) is 0. The predicted octanol–water partition coefficient (Wildman–Crippen LogP) is 3.74. The monoisotopic (exact) mass is 275 g/mol. The second-order valence-corrected chi connectivity index (χ2v) is 5.56. The molecule has 100 valence electrons. The normalized spacial score (nSPS) is 10.6. The molecule has 0 amide bonds. The maximum Gasteiger partial charge on any atom is 0.333 e. The molecule has 4 heteroatoms. The maximum absolute atomic E-state index is 11.2.